The number of carbonyl (C=O) groups excluding carboxylic acids is 2. The molecule has 6 nitrogen and oxygen atoms in total. The zero-order valence-corrected chi connectivity index (χ0v) is 18.1. The lowest BCUT2D eigenvalue weighted by Gasteiger charge is -2.25. The van der Waals surface area contributed by atoms with Crippen LogP contribution in [0, 0.1) is 5.92 Å². The number of carbonyl (C=O) groups is 2. The van der Waals surface area contributed by atoms with Gasteiger partial charge < -0.3 is 5.32 Å². The summed E-state index contributed by atoms with van der Waals surface area (Å²) in [5, 5.41) is 3.47. The number of hydrogen-bond acceptors (Lipinski definition) is 5. The van der Waals surface area contributed by atoms with Gasteiger partial charge in [0.25, 0.3) is 5.91 Å². The van der Waals surface area contributed by atoms with Crippen LogP contribution in [0.3, 0.4) is 0 Å². The van der Waals surface area contributed by atoms with E-state index in [0.717, 1.165) is 28.9 Å². The van der Waals surface area contributed by atoms with E-state index in [1.165, 1.54) is 11.8 Å². The smallest absolute Gasteiger partial charge is 0.259 e. The van der Waals surface area contributed by atoms with Crippen molar-refractivity contribution in [2.75, 3.05) is 11.1 Å². The van der Waals surface area contributed by atoms with Crippen molar-refractivity contribution >= 4 is 46.0 Å². The van der Waals surface area contributed by atoms with E-state index in [1.807, 2.05) is 62.4 Å². The van der Waals surface area contributed by atoms with Gasteiger partial charge >= 0.3 is 0 Å². The van der Waals surface area contributed by atoms with Crippen molar-refractivity contribution < 1.29 is 9.59 Å². The largest absolute Gasteiger partial charge is 0.325 e. The Kier molecular flexibility index (Phi) is 5.72. The molecule has 0 radical (unpaired) electrons. The van der Waals surface area contributed by atoms with Gasteiger partial charge in [0.05, 0.1) is 11.4 Å². The molecule has 2 heterocycles. The van der Waals surface area contributed by atoms with Crippen LogP contribution in [0.4, 0.5) is 11.4 Å². The molecule has 4 rings (SSSR count). The van der Waals surface area contributed by atoms with Crippen molar-refractivity contribution in [1.29, 1.82) is 0 Å². The number of para-hydroxylation sites is 2. The maximum atomic E-state index is 13.0. The van der Waals surface area contributed by atoms with Crippen molar-refractivity contribution in [3.63, 3.8) is 0 Å². The molecule has 0 saturated heterocycles. The Bertz CT molecular complexity index is 1060. The Labute approximate surface area is 180 Å². The van der Waals surface area contributed by atoms with Gasteiger partial charge in [-0.1, -0.05) is 62.9 Å². The number of amidine groups is 2. The summed E-state index contributed by atoms with van der Waals surface area (Å²) in [6.45, 7) is 6.03. The van der Waals surface area contributed by atoms with Crippen LogP contribution in [-0.2, 0) is 16.0 Å². The summed E-state index contributed by atoms with van der Waals surface area (Å²) >= 11 is 1.26. The highest BCUT2D eigenvalue weighted by molar-refractivity contribution is 8.14. The first kappa shape index (κ1) is 20.3. The van der Waals surface area contributed by atoms with Gasteiger partial charge in [-0.2, -0.15) is 0 Å². The lowest BCUT2D eigenvalue weighted by molar-refractivity contribution is -0.125. The van der Waals surface area contributed by atoms with E-state index in [2.05, 4.69) is 17.2 Å². The topological polar surface area (TPSA) is 74.1 Å². The minimum Gasteiger partial charge on any atom is -0.325 e. The normalized spacial score (nSPS) is 17.4. The van der Waals surface area contributed by atoms with Gasteiger partial charge in [-0.05, 0) is 36.1 Å². The Morgan fingerprint density at radius 1 is 1.17 bits per heavy atom. The summed E-state index contributed by atoms with van der Waals surface area (Å²) in [4.78, 5) is 36.6. The summed E-state index contributed by atoms with van der Waals surface area (Å²) < 4.78 is 0. The average Bonchev–Trinajstić information content (AvgIpc) is 3.10. The molecule has 0 bridgehead atoms. The Morgan fingerprint density at radius 2 is 1.90 bits per heavy atom. The molecule has 2 aliphatic rings. The van der Waals surface area contributed by atoms with Gasteiger partial charge in [0.1, 0.15) is 11.9 Å². The third kappa shape index (κ3) is 3.77. The van der Waals surface area contributed by atoms with Gasteiger partial charge in [0.2, 0.25) is 5.91 Å². The maximum absolute atomic E-state index is 13.0. The van der Waals surface area contributed by atoms with Crippen LogP contribution in [0.5, 0.6) is 0 Å². The number of aliphatic imine (C=N–C) groups is 2. The zero-order valence-electron chi connectivity index (χ0n) is 17.3. The highest BCUT2D eigenvalue weighted by atomic mass is 32.2. The number of thioether (sulfide) groups is 1. The van der Waals surface area contributed by atoms with Crippen molar-refractivity contribution in [3.05, 3.63) is 59.7 Å². The number of hydrogen-bond donors (Lipinski definition) is 1. The van der Waals surface area contributed by atoms with Gasteiger partial charge in [-0.25, -0.2) is 9.89 Å². The molecule has 0 aliphatic carbocycles. The van der Waals surface area contributed by atoms with Gasteiger partial charge in [-0.15, -0.1) is 0 Å². The van der Waals surface area contributed by atoms with Crippen LogP contribution >= 0.6 is 11.8 Å². The highest BCUT2D eigenvalue weighted by Gasteiger charge is 2.42. The molecule has 2 amide bonds. The molecule has 154 valence electrons. The molecule has 0 aromatic heterocycles. The third-order valence-electron chi connectivity index (χ3n) is 5.14. The second-order valence-electron chi connectivity index (χ2n) is 7.57. The number of anilines is 1. The van der Waals surface area contributed by atoms with Crippen LogP contribution in [0.2, 0.25) is 0 Å². The van der Waals surface area contributed by atoms with Crippen LogP contribution in [0.25, 0.3) is 0 Å². The molecule has 7 heteroatoms. The predicted molar refractivity (Wildman–Crippen MR) is 122 cm³/mol. The number of benzene rings is 2. The minimum absolute atomic E-state index is 0.0857. The molecule has 0 spiro atoms. The molecular formula is C23H24N4O2S. The number of nitrogens with one attached hydrogen (secondary N) is 1. The minimum atomic E-state index is -0.429. The summed E-state index contributed by atoms with van der Waals surface area (Å²) in [6.07, 6.45) is 0.839. The van der Waals surface area contributed by atoms with E-state index in [9.17, 15) is 9.59 Å². The number of fused-ring (bicyclic) bond motifs is 3. The number of rotatable bonds is 5. The SMILES string of the molecule is CCc1ccccc1NC(=O)CSC1=Nc2ccccc2C2=N[C@H](C(C)C)C(=O)N12. The van der Waals surface area contributed by atoms with Crippen LogP contribution in [0.1, 0.15) is 31.9 Å². The molecule has 30 heavy (non-hydrogen) atoms. The van der Waals surface area contributed by atoms with Gasteiger partial charge in [-0.3, -0.25) is 14.6 Å². The van der Waals surface area contributed by atoms with Crippen molar-refractivity contribution in [3.8, 4) is 0 Å². The Morgan fingerprint density at radius 3 is 2.67 bits per heavy atom. The molecular weight excluding hydrogens is 396 g/mol. The zero-order chi connectivity index (χ0) is 21.3. The van der Waals surface area contributed by atoms with E-state index >= 15 is 0 Å². The second kappa shape index (κ2) is 8.44. The van der Waals surface area contributed by atoms with Gasteiger partial charge in [0.15, 0.2) is 5.17 Å². The van der Waals surface area contributed by atoms with Crippen molar-refractivity contribution in [1.82, 2.24) is 4.90 Å². The Hall–Kier alpha value is -2.93. The predicted octanol–water partition coefficient (Wildman–Crippen LogP) is 4.24. The average molecular weight is 421 g/mol. The monoisotopic (exact) mass is 420 g/mol. The van der Waals surface area contributed by atoms with Crippen molar-refractivity contribution in [2.45, 2.75) is 33.2 Å². The fourth-order valence-electron chi connectivity index (χ4n) is 3.57. The molecule has 1 N–H and O–H groups in total. The first-order valence-corrected chi connectivity index (χ1v) is 11.1. The van der Waals surface area contributed by atoms with E-state index in [-0.39, 0.29) is 23.5 Å². The Balaban J connectivity index is 1.55. The standard InChI is InChI=1S/C23H24N4O2S/c1-4-15-9-5-7-11-17(15)24-19(28)13-30-23-25-18-12-8-6-10-16(18)21-26-20(14(2)3)22(29)27(21)23/h5-12,14,20H,4,13H2,1-3H3,(H,24,28)/t20-/m1/s1. The van der Waals surface area contributed by atoms with E-state index < -0.39 is 6.04 Å². The fourth-order valence-corrected chi connectivity index (χ4v) is 4.37. The van der Waals surface area contributed by atoms with Crippen LogP contribution in [-0.4, -0.2) is 39.5 Å². The van der Waals surface area contributed by atoms with E-state index in [1.54, 1.807) is 4.90 Å². The first-order chi connectivity index (χ1) is 14.5. The van der Waals surface area contributed by atoms with Crippen LogP contribution < -0.4 is 5.32 Å². The summed E-state index contributed by atoms with van der Waals surface area (Å²) in [7, 11) is 0. The quantitative estimate of drug-likeness (QED) is 0.786. The molecule has 0 unspecified atom stereocenters. The van der Waals surface area contributed by atoms with E-state index in [0.29, 0.717) is 11.0 Å². The number of aryl methyl sites for hydroxylation is 1. The molecule has 0 fully saturated rings. The van der Waals surface area contributed by atoms with E-state index in [4.69, 9.17) is 4.99 Å². The fraction of sp³-hybridized carbons (Fsp3) is 0.304. The molecule has 1 atom stereocenters. The van der Waals surface area contributed by atoms with Crippen LogP contribution in [0.15, 0.2) is 58.5 Å². The maximum Gasteiger partial charge on any atom is 0.259 e. The van der Waals surface area contributed by atoms with Gasteiger partial charge in [0, 0.05) is 11.3 Å². The number of amides is 2. The lowest BCUT2D eigenvalue weighted by atomic mass is 10.1. The summed E-state index contributed by atoms with van der Waals surface area (Å²) in [5.74, 6) is 0.652. The third-order valence-corrected chi connectivity index (χ3v) is 6.07. The molecule has 2 aliphatic heterocycles. The molecule has 2 aromatic rings. The second-order valence-corrected chi connectivity index (χ2v) is 8.52. The highest BCUT2D eigenvalue weighted by Crippen LogP contribution is 2.34. The molecule has 2 aromatic carbocycles. The molecule has 0 saturated carbocycles. The number of nitrogens with zero attached hydrogens (tertiary/aromatic N) is 3. The summed E-state index contributed by atoms with van der Waals surface area (Å²) in [5.41, 5.74) is 3.52. The first-order valence-electron chi connectivity index (χ1n) is 10.1. The van der Waals surface area contributed by atoms with Crippen molar-refractivity contribution in [2.24, 2.45) is 15.9 Å². The lowest BCUT2D eigenvalue weighted by Crippen LogP contribution is -2.42. The summed E-state index contributed by atoms with van der Waals surface area (Å²) in [6, 6.07) is 15.0.